The fourth-order valence-electron chi connectivity index (χ4n) is 3.05. The molecule has 1 aromatic heterocycles. The Labute approximate surface area is 96.6 Å². The van der Waals surface area contributed by atoms with E-state index in [1.54, 1.807) is 0 Å². The first-order valence-electron chi connectivity index (χ1n) is 6.25. The summed E-state index contributed by atoms with van der Waals surface area (Å²) in [5, 5.41) is 7.86. The van der Waals surface area contributed by atoms with Crippen molar-refractivity contribution >= 4 is 0 Å². The predicted octanol–water partition coefficient (Wildman–Crippen LogP) is 0.604. The molecule has 2 saturated heterocycles. The molecule has 0 amide bonds. The zero-order chi connectivity index (χ0) is 11.0. The summed E-state index contributed by atoms with van der Waals surface area (Å²) in [4.78, 5) is 2.56. The van der Waals surface area contributed by atoms with Gasteiger partial charge in [0.25, 0.3) is 0 Å². The molecule has 88 valence electrons. The highest BCUT2D eigenvalue weighted by Gasteiger charge is 2.34. The van der Waals surface area contributed by atoms with Gasteiger partial charge in [0.1, 0.15) is 0 Å². The van der Waals surface area contributed by atoms with E-state index in [0.717, 1.165) is 18.5 Å². The number of piperidine rings is 1. The lowest BCUT2D eigenvalue weighted by molar-refractivity contribution is 0.304. The summed E-state index contributed by atoms with van der Waals surface area (Å²) in [6, 6.07) is 2.86. The van der Waals surface area contributed by atoms with Crippen LogP contribution in [-0.2, 0) is 13.6 Å². The maximum absolute atomic E-state index is 4.22. The number of fused-ring (bicyclic) bond motifs is 1. The fraction of sp³-hybridized carbons (Fsp3) is 0.750. The summed E-state index contributed by atoms with van der Waals surface area (Å²) < 4.78 is 1.98. The van der Waals surface area contributed by atoms with E-state index in [2.05, 4.69) is 21.4 Å². The molecule has 4 heteroatoms. The Morgan fingerprint density at radius 1 is 1.50 bits per heavy atom. The van der Waals surface area contributed by atoms with Gasteiger partial charge in [-0.25, -0.2) is 0 Å². The van der Waals surface area contributed by atoms with Crippen molar-refractivity contribution in [1.29, 1.82) is 0 Å². The van der Waals surface area contributed by atoms with Gasteiger partial charge in [0.15, 0.2) is 0 Å². The van der Waals surface area contributed by atoms with E-state index in [9.17, 15) is 0 Å². The summed E-state index contributed by atoms with van der Waals surface area (Å²) >= 11 is 0. The van der Waals surface area contributed by atoms with Crippen LogP contribution in [-0.4, -0.2) is 40.4 Å². The number of nitrogens with zero attached hydrogens (tertiary/aromatic N) is 3. The predicted molar refractivity (Wildman–Crippen MR) is 63.0 cm³/mol. The third-order valence-corrected chi connectivity index (χ3v) is 3.98. The van der Waals surface area contributed by atoms with Crippen molar-refractivity contribution in [3.05, 3.63) is 18.0 Å². The van der Waals surface area contributed by atoms with Crippen LogP contribution in [0.15, 0.2) is 12.3 Å². The quantitative estimate of drug-likeness (QED) is 0.792. The number of aromatic nitrogens is 2. The maximum atomic E-state index is 4.22. The third-order valence-electron chi connectivity index (χ3n) is 3.98. The molecule has 16 heavy (non-hydrogen) atoms. The van der Waals surface area contributed by atoms with Crippen molar-refractivity contribution in [3.63, 3.8) is 0 Å². The van der Waals surface area contributed by atoms with E-state index in [-0.39, 0.29) is 0 Å². The number of aryl methyl sites for hydroxylation is 1. The Morgan fingerprint density at radius 2 is 2.44 bits per heavy atom. The molecule has 3 rings (SSSR count). The van der Waals surface area contributed by atoms with Crippen LogP contribution < -0.4 is 5.32 Å². The first-order valence-corrected chi connectivity index (χ1v) is 6.25. The summed E-state index contributed by atoms with van der Waals surface area (Å²) in [5.41, 5.74) is 1.32. The summed E-state index contributed by atoms with van der Waals surface area (Å²) in [5.74, 6) is 0.877. The number of nitrogens with one attached hydrogen (secondary N) is 1. The van der Waals surface area contributed by atoms with Gasteiger partial charge >= 0.3 is 0 Å². The van der Waals surface area contributed by atoms with Crippen LogP contribution in [0.1, 0.15) is 18.5 Å². The minimum Gasteiger partial charge on any atom is -0.312 e. The zero-order valence-corrected chi connectivity index (χ0v) is 9.89. The SMILES string of the molecule is Cn1nccc1CN1C[C@@H]2CCCN[C@@H]2C1. The largest absolute Gasteiger partial charge is 0.312 e. The highest BCUT2D eigenvalue weighted by Crippen LogP contribution is 2.25. The van der Waals surface area contributed by atoms with Crippen molar-refractivity contribution < 1.29 is 0 Å². The molecule has 0 bridgehead atoms. The van der Waals surface area contributed by atoms with Crippen LogP contribution in [0.25, 0.3) is 0 Å². The number of likely N-dealkylation sites (tertiary alicyclic amines) is 1. The number of hydrogen-bond donors (Lipinski definition) is 1. The van der Waals surface area contributed by atoms with E-state index in [1.807, 2.05) is 17.9 Å². The Kier molecular flexibility index (Phi) is 2.69. The molecule has 3 heterocycles. The van der Waals surface area contributed by atoms with Gasteiger partial charge in [-0.1, -0.05) is 0 Å². The lowest BCUT2D eigenvalue weighted by Gasteiger charge is -2.24. The topological polar surface area (TPSA) is 33.1 Å². The van der Waals surface area contributed by atoms with Crippen molar-refractivity contribution in [3.8, 4) is 0 Å². The molecule has 4 nitrogen and oxygen atoms in total. The first-order chi connectivity index (χ1) is 7.83. The lowest BCUT2D eigenvalue weighted by Crippen LogP contribution is -2.40. The summed E-state index contributed by atoms with van der Waals surface area (Å²) in [7, 11) is 2.02. The van der Waals surface area contributed by atoms with Crippen LogP contribution in [0.2, 0.25) is 0 Å². The Morgan fingerprint density at radius 3 is 3.19 bits per heavy atom. The minimum absolute atomic E-state index is 0.738. The van der Waals surface area contributed by atoms with E-state index in [0.29, 0.717) is 0 Å². The van der Waals surface area contributed by atoms with E-state index >= 15 is 0 Å². The summed E-state index contributed by atoms with van der Waals surface area (Å²) in [6.45, 7) is 4.71. The van der Waals surface area contributed by atoms with Gasteiger partial charge in [-0.3, -0.25) is 9.58 Å². The Balaban J connectivity index is 1.63. The van der Waals surface area contributed by atoms with Gasteiger partial charge in [0, 0.05) is 38.9 Å². The van der Waals surface area contributed by atoms with Crippen molar-refractivity contribution in [2.45, 2.75) is 25.4 Å². The van der Waals surface area contributed by atoms with Crippen LogP contribution in [0.4, 0.5) is 0 Å². The third kappa shape index (κ3) is 1.87. The monoisotopic (exact) mass is 220 g/mol. The van der Waals surface area contributed by atoms with Gasteiger partial charge in [-0.2, -0.15) is 5.10 Å². The standard InChI is InChI=1S/C12H20N4/c1-15-11(4-6-14-15)8-16-7-10-3-2-5-13-12(10)9-16/h4,6,10,12-13H,2-3,5,7-9H2,1H3/t10-,12+/m0/s1. The van der Waals surface area contributed by atoms with Crippen LogP contribution >= 0.6 is 0 Å². The number of rotatable bonds is 2. The normalized spacial score (nSPS) is 30.6. The number of hydrogen-bond acceptors (Lipinski definition) is 3. The van der Waals surface area contributed by atoms with Crippen molar-refractivity contribution in [2.75, 3.05) is 19.6 Å². The van der Waals surface area contributed by atoms with Crippen molar-refractivity contribution in [2.24, 2.45) is 13.0 Å². The smallest absolute Gasteiger partial charge is 0.0521 e. The molecule has 0 spiro atoms. The van der Waals surface area contributed by atoms with Gasteiger partial charge in [0.2, 0.25) is 0 Å². The van der Waals surface area contributed by atoms with Crippen LogP contribution in [0.5, 0.6) is 0 Å². The fourth-order valence-corrected chi connectivity index (χ4v) is 3.05. The van der Waals surface area contributed by atoms with Gasteiger partial charge < -0.3 is 5.32 Å². The van der Waals surface area contributed by atoms with Gasteiger partial charge in [-0.15, -0.1) is 0 Å². The molecular weight excluding hydrogens is 200 g/mol. The second-order valence-electron chi connectivity index (χ2n) is 5.10. The van der Waals surface area contributed by atoms with Crippen LogP contribution in [0, 0.1) is 5.92 Å². The molecule has 1 N–H and O–H groups in total. The molecule has 2 aliphatic heterocycles. The molecule has 0 radical (unpaired) electrons. The Bertz CT molecular complexity index is 346. The molecule has 0 aromatic carbocycles. The first kappa shape index (κ1) is 10.3. The van der Waals surface area contributed by atoms with E-state index in [4.69, 9.17) is 0 Å². The average molecular weight is 220 g/mol. The maximum Gasteiger partial charge on any atom is 0.0521 e. The minimum atomic E-state index is 0.738. The molecule has 2 fully saturated rings. The van der Waals surface area contributed by atoms with Crippen LogP contribution in [0.3, 0.4) is 0 Å². The summed E-state index contributed by atoms with van der Waals surface area (Å²) in [6.07, 6.45) is 4.64. The highest BCUT2D eigenvalue weighted by atomic mass is 15.3. The second kappa shape index (κ2) is 4.18. The molecule has 0 saturated carbocycles. The Hall–Kier alpha value is -0.870. The lowest BCUT2D eigenvalue weighted by atomic mass is 9.94. The zero-order valence-electron chi connectivity index (χ0n) is 9.89. The molecule has 1 aromatic rings. The molecular formula is C12H20N4. The highest BCUT2D eigenvalue weighted by molar-refractivity contribution is 5.02. The van der Waals surface area contributed by atoms with Gasteiger partial charge in [-0.05, 0) is 31.4 Å². The van der Waals surface area contributed by atoms with E-state index < -0.39 is 0 Å². The second-order valence-corrected chi connectivity index (χ2v) is 5.10. The molecule has 2 atom stereocenters. The average Bonchev–Trinajstić information content (AvgIpc) is 2.85. The van der Waals surface area contributed by atoms with E-state index in [1.165, 1.54) is 38.2 Å². The molecule has 0 unspecified atom stereocenters. The molecule has 0 aliphatic carbocycles. The molecule has 2 aliphatic rings. The van der Waals surface area contributed by atoms with Gasteiger partial charge in [0.05, 0.1) is 5.69 Å². The van der Waals surface area contributed by atoms with Crippen molar-refractivity contribution in [1.82, 2.24) is 20.0 Å².